The number of imidazole rings is 1. The quantitative estimate of drug-likeness (QED) is 0.599. The molecule has 7 nitrogen and oxygen atoms in total. The van der Waals surface area contributed by atoms with Gasteiger partial charge in [-0.05, 0) is 12.8 Å². The molecule has 0 aliphatic heterocycles. The normalized spacial score (nSPS) is 13.6. The molecule has 0 radical (unpaired) electrons. The molecule has 4 N–H and O–H groups in total. The third kappa shape index (κ3) is 4.99. The SMILES string of the molecule is CCC(CC(=O)O)NC(=O)NC(CC)c1ncc[nH]1. The van der Waals surface area contributed by atoms with Crippen LogP contribution < -0.4 is 10.6 Å². The number of carbonyl (C=O) groups excluding carboxylic acids is 1. The molecule has 2 amide bonds. The fourth-order valence-corrected chi connectivity index (χ4v) is 1.73. The number of aromatic amines is 1. The lowest BCUT2D eigenvalue weighted by Gasteiger charge is -2.19. The molecule has 0 bridgehead atoms. The minimum Gasteiger partial charge on any atom is -0.481 e. The molecular formula is C12H20N4O3. The number of hydrogen-bond donors (Lipinski definition) is 4. The van der Waals surface area contributed by atoms with E-state index in [9.17, 15) is 9.59 Å². The van der Waals surface area contributed by atoms with E-state index in [0.717, 1.165) is 0 Å². The summed E-state index contributed by atoms with van der Waals surface area (Å²) in [6.45, 7) is 3.76. The Kier molecular flexibility index (Phi) is 5.84. The second-order valence-corrected chi connectivity index (χ2v) is 4.26. The highest BCUT2D eigenvalue weighted by Gasteiger charge is 2.18. The molecular weight excluding hydrogens is 248 g/mol. The molecule has 0 fully saturated rings. The van der Waals surface area contributed by atoms with Crippen LogP contribution in [0.15, 0.2) is 12.4 Å². The van der Waals surface area contributed by atoms with Gasteiger partial charge in [0.2, 0.25) is 0 Å². The Morgan fingerprint density at radius 2 is 2.11 bits per heavy atom. The Hall–Kier alpha value is -2.05. The molecule has 19 heavy (non-hydrogen) atoms. The predicted octanol–water partition coefficient (Wildman–Crippen LogP) is 1.41. The lowest BCUT2D eigenvalue weighted by atomic mass is 10.1. The number of aliphatic carboxylic acids is 1. The van der Waals surface area contributed by atoms with Crippen LogP contribution in [0.5, 0.6) is 0 Å². The average Bonchev–Trinajstić information content (AvgIpc) is 2.88. The molecule has 0 aliphatic rings. The van der Waals surface area contributed by atoms with Gasteiger partial charge < -0.3 is 20.7 Å². The summed E-state index contributed by atoms with van der Waals surface area (Å²) in [6, 6.07) is -0.958. The smallest absolute Gasteiger partial charge is 0.315 e. The molecule has 1 aromatic rings. The second-order valence-electron chi connectivity index (χ2n) is 4.26. The highest BCUT2D eigenvalue weighted by molar-refractivity contribution is 5.76. The first-order valence-electron chi connectivity index (χ1n) is 6.34. The summed E-state index contributed by atoms with van der Waals surface area (Å²) in [5.74, 6) is -0.242. The topological polar surface area (TPSA) is 107 Å². The van der Waals surface area contributed by atoms with Crippen LogP contribution in [0, 0.1) is 0 Å². The summed E-state index contributed by atoms with van der Waals surface area (Å²) >= 11 is 0. The number of amides is 2. The number of nitrogens with one attached hydrogen (secondary N) is 3. The minimum atomic E-state index is -0.926. The fraction of sp³-hybridized carbons (Fsp3) is 0.583. The highest BCUT2D eigenvalue weighted by Crippen LogP contribution is 2.11. The average molecular weight is 268 g/mol. The molecule has 2 atom stereocenters. The van der Waals surface area contributed by atoms with Crippen molar-refractivity contribution >= 4 is 12.0 Å². The van der Waals surface area contributed by atoms with Crippen LogP contribution in [0.3, 0.4) is 0 Å². The minimum absolute atomic E-state index is 0.0819. The zero-order valence-corrected chi connectivity index (χ0v) is 11.1. The van der Waals surface area contributed by atoms with Crippen LogP contribution >= 0.6 is 0 Å². The highest BCUT2D eigenvalue weighted by atomic mass is 16.4. The number of carbonyl (C=O) groups is 2. The second kappa shape index (κ2) is 7.40. The van der Waals surface area contributed by atoms with Gasteiger partial charge in [-0.25, -0.2) is 9.78 Å². The summed E-state index contributed by atoms with van der Waals surface area (Å²) in [4.78, 5) is 29.5. The van der Waals surface area contributed by atoms with Crippen molar-refractivity contribution in [1.29, 1.82) is 0 Å². The van der Waals surface area contributed by atoms with Gasteiger partial charge in [0.25, 0.3) is 0 Å². The van der Waals surface area contributed by atoms with Gasteiger partial charge in [-0.15, -0.1) is 0 Å². The van der Waals surface area contributed by atoms with Crippen LogP contribution in [0.4, 0.5) is 4.79 Å². The zero-order chi connectivity index (χ0) is 14.3. The maximum Gasteiger partial charge on any atom is 0.315 e. The van der Waals surface area contributed by atoms with Gasteiger partial charge in [-0.2, -0.15) is 0 Å². The van der Waals surface area contributed by atoms with Gasteiger partial charge in [0.05, 0.1) is 12.5 Å². The Bertz CT molecular complexity index is 405. The number of nitrogens with zero attached hydrogens (tertiary/aromatic N) is 1. The molecule has 1 rings (SSSR count). The number of H-pyrrole nitrogens is 1. The molecule has 1 aromatic heterocycles. The number of rotatable bonds is 7. The van der Waals surface area contributed by atoms with E-state index in [1.807, 2.05) is 13.8 Å². The van der Waals surface area contributed by atoms with Crippen molar-refractivity contribution in [3.8, 4) is 0 Å². The van der Waals surface area contributed by atoms with Crippen LogP contribution in [0.1, 0.15) is 45.0 Å². The summed E-state index contributed by atoms with van der Waals surface area (Å²) in [7, 11) is 0. The molecule has 0 aliphatic carbocycles. The monoisotopic (exact) mass is 268 g/mol. The molecule has 0 saturated heterocycles. The molecule has 0 saturated carbocycles. The summed E-state index contributed by atoms with van der Waals surface area (Å²) in [6.07, 6.45) is 4.49. The van der Waals surface area contributed by atoms with Crippen molar-refractivity contribution in [1.82, 2.24) is 20.6 Å². The van der Waals surface area contributed by atoms with Crippen LogP contribution in [-0.4, -0.2) is 33.1 Å². The molecule has 7 heteroatoms. The van der Waals surface area contributed by atoms with Gasteiger partial charge in [0.15, 0.2) is 0 Å². The summed E-state index contributed by atoms with van der Waals surface area (Å²) in [5, 5.41) is 14.1. The van der Waals surface area contributed by atoms with Crippen LogP contribution in [-0.2, 0) is 4.79 Å². The van der Waals surface area contributed by atoms with Crippen molar-refractivity contribution in [3.05, 3.63) is 18.2 Å². The number of carboxylic acids is 1. The Morgan fingerprint density at radius 3 is 2.58 bits per heavy atom. The van der Waals surface area contributed by atoms with Gasteiger partial charge in [0, 0.05) is 18.4 Å². The predicted molar refractivity (Wildman–Crippen MR) is 69.6 cm³/mol. The third-order valence-corrected chi connectivity index (χ3v) is 2.81. The molecule has 0 aromatic carbocycles. The maximum absolute atomic E-state index is 11.8. The van der Waals surface area contributed by atoms with Gasteiger partial charge in [0.1, 0.15) is 5.82 Å². The van der Waals surface area contributed by atoms with Crippen molar-refractivity contribution in [2.45, 2.75) is 45.2 Å². The first-order valence-corrected chi connectivity index (χ1v) is 6.34. The third-order valence-electron chi connectivity index (χ3n) is 2.81. The lowest BCUT2D eigenvalue weighted by molar-refractivity contribution is -0.137. The number of carboxylic acid groups (broad SMARTS) is 1. The van der Waals surface area contributed by atoms with E-state index in [2.05, 4.69) is 20.6 Å². The molecule has 106 valence electrons. The standard InChI is InChI=1S/C12H20N4O3/c1-3-8(7-10(17)18)15-12(19)16-9(4-2)11-13-5-6-14-11/h5-6,8-9H,3-4,7H2,1-2H3,(H,13,14)(H,17,18)(H2,15,16,19). The molecule has 2 unspecified atom stereocenters. The number of aromatic nitrogens is 2. The Morgan fingerprint density at radius 1 is 1.37 bits per heavy atom. The van der Waals surface area contributed by atoms with Gasteiger partial charge in [-0.3, -0.25) is 4.79 Å². The lowest BCUT2D eigenvalue weighted by Crippen LogP contribution is -2.44. The summed E-state index contributed by atoms with van der Waals surface area (Å²) in [5.41, 5.74) is 0. The van der Waals surface area contributed by atoms with Crippen molar-refractivity contribution < 1.29 is 14.7 Å². The fourth-order valence-electron chi connectivity index (χ4n) is 1.73. The Balaban J connectivity index is 2.51. The summed E-state index contributed by atoms with van der Waals surface area (Å²) < 4.78 is 0. The van der Waals surface area contributed by atoms with Crippen LogP contribution in [0.25, 0.3) is 0 Å². The van der Waals surface area contributed by atoms with Crippen molar-refractivity contribution in [2.24, 2.45) is 0 Å². The van der Waals surface area contributed by atoms with E-state index in [-0.39, 0.29) is 24.5 Å². The number of hydrogen-bond acceptors (Lipinski definition) is 3. The van der Waals surface area contributed by atoms with Gasteiger partial charge in [-0.1, -0.05) is 13.8 Å². The van der Waals surface area contributed by atoms with E-state index in [0.29, 0.717) is 18.7 Å². The van der Waals surface area contributed by atoms with E-state index < -0.39 is 5.97 Å². The van der Waals surface area contributed by atoms with Crippen molar-refractivity contribution in [2.75, 3.05) is 0 Å². The van der Waals surface area contributed by atoms with E-state index in [1.165, 1.54) is 0 Å². The van der Waals surface area contributed by atoms with Crippen molar-refractivity contribution in [3.63, 3.8) is 0 Å². The zero-order valence-electron chi connectivity index (χ0n) is 11.1. The Labute approximate surface area is 111 Å². The first kappa shape index (κ1) is 15.0. The van der Waals surface area contributed by atoms with E-state index in [4.69, 9.17) is 5.11 Å². The number of urea groups is 1. The largest absolute Gasteiger partial charge is 0.481 e. The van der Waals surface area contributed by atoms with E-state index in [1.54, 1.807) is 12.4 Å². The maximum atomic E-state index is 11.8. The van der Waals surface area contributed by atoms with Crippen LogP contribution in [0.2, 0.25) is 0 Å². The molecule has 1 heterocycles. The molecule has 0 spiro atoms. The first-order chi connectivity index (χ1) is 9.06. The van der Waals surface area contributed by atoms with Gasteiger partial charge >= 0.3 is 12.0 Å². The van der Waals surface area contributed by atoms with E-state index >= 15 is 0 Å².